The number of aromatic nitrogens is 1. The number of anilines is 1. The Kier molecular flexibility index (Phi) is 4.15. The Morgan fingerprint density at radius 2 is 2.17 bits per heavy atom. The third-order valence-electron chi connectivity index (χ3n) is 3.21. The molecule has 98 valence electrons. The quantitative estimate of drug-likeness (QED) is 0.850. The van der Waals surface area contributed by atoms with Gasteiger partial charge in [-0.1, -0.05) is 6.07 Å². The molecule has 1 aliphatic rings. The number of hydrogen-bond donors (Lipinski definition) is 1. The van der Waals surface area contributed by atoms with Crippen molar-refractivity contribution in [2.75, 3.05) is 31.6 Å². The van der Waals surface area contributed by atoms with E-state index in [-0.39, 0.29) is 12.5 Å². The second-order valence-electron chi connectivity index (χ2n) is 4.63. The lowest BCUT2D eigenvalue weighted by atomic mass is 10.3. The topological polar surface area (TPSA) is 56.7 Å². The molecule has 18 heavy (non-hydrogen) atoms. The van der Waals surface area contributed by atoms with Crippen molar-refractivity contribution in [3.05, 3.63) is 23.9 Å². The number of aliphatic hydroxyl groups is 1. The lowest BCUT2D eigenvalue weighted by Gasteiger charge is -2.22. The minimum atomic E-state index is -0.0102. The van der Waals surface area contributed by atoms with Gasteiger partial charge in [-0.3, -0.25) is 4.79 Å². The highest BCUT2D eigenvalue weighted by Gasteiger charge is 2.19. The van der Waals surface area contributed by atoms with Crippen LogP contribution >= 0.6 is 0 Å². The van der Waals surface area contributed by atoms with E-state index in [1.807, 2.05) is 29.0 Å². The van der Waals surface area contributed by atoms with Crippen molar-refractivity contribution in [2.45, 2.75) is 19.4 Å². The summed E-state index contributed by atoms with van der Waals surface area (Å²) in [5.41, 5.74) is 0.776. The van der Waals surface area contributed by atoms with Crippen molar-refractivity contribution in [1.82, 2.24) is 9.88 Å². The highest BCUT2D eigenvalue weighted by Crippen LogP contribution is 2.12. The molecule has 1 aromatic heterocycles. The van der Waals surface area contributed by atoms with Gasteiger partial charge in [-0.25, -0.2) is 4.98 Å². The Morgan fingerprint density at radius 1 is 1.44 bits per heavy atom. The first-order chi connectivity index (χ1) is 8.70. The van der Waals surface area contributed by atoms with Gasteiger partial charge in [0.15, 0.2) is 0 Å². The molecule has 1 N–H and O–H groups in total. The zero-order chi connectivity index (χ0) is 13.0. The van der Waals surface area contributed by atoms with Gasteiger partial charge in [-0.15, -0.1) is 0 Å². The number of pyridine rings is 1. The number of carbonyl (C=O) groups is 1. The number of amides is 1. The van der Waals surface area contributed by atoms with Gasteiger partial charge < -0.3 is 14.9 Å². The normalized spacial score (nSPS) is 14.9. The van der Waals surface area contributed by atoms with Crippen LogP contribution in [0.25, 0.3) is 0 Å². The number of carbonyl (C=O) groups excluding carboxylic acids is 1. The molecule has 1 fully saturated rings. The molecule has 1 saturated heterocycles. The smallest absolute Gasteiger partial charge is 0.242 e. The number of nitrogens with zero attached hydrogens (tertiary/aromatic N) is 3. The van der Waals surface area contributed by atoms with E-state index in [9.17, 15) is 4.79 Å². The van der Waals surface area contributed by atoms with Crippen LogP contribution in [0.2, 0.25) is 0 Å². The van der Waals surface area contributed by atoms with E-state index in [0.717, 1.165) is 37.3 Å². The standard InChI is InChI=1S/C13H19N3O2/c1-15(9-13(18)16-6-2-3-7-16)12-5-4-11(10-17)8-14-12/h4-5,8,17H,2-3,6-7,9-10H2,1H3. The summed E-state index contributed by atoms with van der Waals surface area (Å²) in [6.45, 7) is 2.10. The summed E-state index contributed by atoms with van der Waals surface area (Å²) in [5.74, 6) is 0.905. The third-order valence-corrected chi connectivity index (χ3v) is 3.21. The third kappa shape index (κ3) is 2.98. The molecule has 0 aliphatic carbocycles. The van der Waals surface area contributed by atoms with Crippen molar-refractivity contribution < 1.29 is 9.90 Å². The first kappa shape index (κ1) is 12.8. The first-order valence-corrected chi connectivity index (χ1v) is 6.25. The van der Waals surface area contributed by atoms with E-state index in [1.165, 1.54) is 0 Å². The Morgan fingerprint density at radius 3 is 2.72 bits per heavy atom. The lowest BCUT2D eigenvalue weighted by Crippen LogP contribution is -2.37. The van der Waals surface area contributed by atoms with Gasteiger partial charge in [0.25, 0.3) is 0 Å². The number of aliphatic hydroxyl groups excluding tert-OH is 1. The molecule has 0 aromatic carbocycles. The molecule has 0 radical (unpaired) electrons. The predicted molar refractivity (Wildman–Crippen MR) is 69.2 cm³/mol. The molecule has 0 unspecified atom stereocenters. The molecule has 1 amide bonds. The van der Waals surface area contributed by atoms with E-state index < -0.39 is 0 Å². The fraction of sp³-hybridized carbons (Fsp3) is 0.538. The molecule has 2 heterocycles. The van der Waals surface area contributed by atoms with E-state index in [2.05, 4.69) is 4.98 Å². The van der Waals surface area contributed by atoms with Crippen LogP contribution in [0, 0.1) is 0 Å². The van der Waals surface area contributed by atoms with Crippen molar-refractivity contribution in [1.29, 1.82) is 0 Å². The molecule has 0 spiro atoms. The van der Waals surface area contributed by atoms with Crippen molar-refractivity contribution in [3.8, 4) is 0 Å². The van der Waals surface area contributed by atoms with Crippen LogP contribution in [0.5, 0.6) is 0 Å². The average molecular weight is 249 g/mol. The molecule has 0 bridgehead atoms. The van der Waals surface area contributed by atoms with Crippen LogP contribution in [0.4, 0.5) is 5.82 Å². The molecule has 0 atom stereocenters. The maximum Gasteiger partial charge on any atom is 0.242 e. The minimum Gasteiger partial charge on any atom is -0.392 e. The van der Waals surface area contributed by atoms with Crippen LogP contribution in [-0.4, -0.2) is 47.6 Å². The Balaban J connectivity index is 1.93. The van der Waals surface area contributed by atoms with Crippen molar-refractivity contribution in [2.24, 2.45) is 0 Å². The molecular formula is C13H19N3O2. The summed E-state index contributed by atoms with van der Waals surface area (Å²) in [5, 5.41) is 8.94. The SMILES string of the molecule is CN(CC(=O)N1CCCC1)c1ccc(CO)cn1. The van der Waals surface area contributed by atoms with Gasteiger partial charge in [0.05, 0.1) is 13.2 Å². The summed E-state index contributed by atoms with van der Waals surface area (Å²) in [6.07, 6.45) is 3.85. The van der Waals surface area contributed by atoms with Gasteiger partial charge in [0, 0.05) is 26.3 Å². The second kappa shape index (κ2) is 5.82. The highest BCUT2D eigenvalue weighted by atomic mass is 16.3. The molecule has 1 aromatic rings. The summed E-state index contributed by atoms with van der Waals surface area (Å²) >= 11 is 0. The summed E-state index contributed by atoms with van der Waals surface area (Å²) in [6, 6.07) is 3.64. The van der Waals surface area contributed by atoms with E-state index in [0.29, 0.717) is 6.54 Å². The second-order valence-corrected chi connectivity index (χ2v) is 4.63. The molecule has 1 aliphatic heterocycles. The highest BCUT2D eigenvalue weighted by molar-refractivity contribution is 5.81. The zero-order valence-corrected chi connectivity index (χ0v) is 10.7. The molecule has 0 saturated carbocycles. The van der Waals surface area contributed by atoms with E-state index in [4.69, 9.17) is 5.11 Å². The van der Waals surface area contributed by atoms with Gasteiger partial charge >= 0.3 is 0 Å². The van der Waals surface area contributed by atoms with Crippen molar-refractivity contribution in [3.63, 3.8) is 0 Å². The van der Waals surface area contributed by atoms with E-state index in [1.54, 1.807) is 6.20 Å². The van der Waals surface area contributed by atoms with Crippen LogP contribution in [-0.2, 0) is 11.4 Å². The van der Waals surface area contributed by atoms with Gasteiger partial charge in [-0.2, -0.15) is 0 Å². The van der Waals surface area contributed by atoms with Crippen LogP contribution < -0.4 is 4.90 Å². The molecule has 2 rings (SSSR count). The summed E-state index contributed by atoms with van der Waals surface area (Å²) < 4.78 is 0. The zero-order valence-electron chi connectivity index (χ0n) is 10.7. The van der Waals surface area contributed by atoms with Crippen LogP contribution in [0.1, 0.15) is 18.4 Å². The van der Waals surface area contributed by atoms with Gasteiger partial charge in [0.1, 0.15) is 5.82 Å². The molecular weight excluding hydrogens is 230 g/mol. The Labute approximate surface area is 107 Å². The number of likely N-dealkylation sites (tertiary alicyclic amines) is 1. The fourth-order valence-electron chi connectivity index (χ4n) is 2.09. The minimum absolute atomic E-state index is 0.0102. The number of likely N-dealkylation sites (N-methyl/N-ethyl adjacent to an activating group) is 1. The molecule has 5 nitrogen and oxygen atoms in total. The monoisotopic (exact) mass is 249 g/mol. The fourth-order valence-corrected chi connectivity index (χ4v) is 2.09. The van der Waals surface area contributed by atoms with Gasteiger partial charge in [-0.05, 0) is 24.5 Å². The average Bonchev–Trinajstić information content (AvgIpc) is 2.92. The Bertz CT molecular complexity index is 399. The summed E-state index contributed by atoms with van der Waals surface area (Å²) in [7, 11) is 1.86. The van der Waals surface area contributed by atoms with E-state index >= 15 is 0 Å². The predicted octanol–water partition coefficient (Wildman–Crippen LogP) is 0.632. The Hall–Kier alpha value is -1.62. The lowest BCUT2D eigenvalue weighted by molar-refractivity contribution is -0.128. The largest absolute Gasteiger partial charge is 0.392 e. The van der Waals surface area contributed by atoms with Gasteiger partial charge in [0.2, 0.25) is 5.91 Å². The maximum atomic E-state index is 12.0. The number of hydrogen-bond acceptors (Lipinski definition) is 4. The van der Waals surface area contributed by atoms with Crippen LogP contribution in [0.3, 0.4) is 0 Å². The summed E-state index contributed by atoms with van der Waals surface area (Å²) in [4.78, 5) is 19.9. The first-order valence-electron chi connectivity index (χ1n) is 6.25. The van der Waals surface area contributed by atoms with Crippen molar-refractivity contribution >= 4 is 11.7 Å². The molecule has 5 heteroatoms. The van der Waals surface area contributed by atoms with Crippen LogP contribution in [0.15, 0.2) is 18.3 Å². The number of rotatable bonds is 4. The maximum absolute atomic E-state index is 12.0.